The number of aromatic amines is 1. The second-order valence-electron chi connectivity index (χ2n) is 3.60. The van der Waals surface area contributed by atoms with E-state index in [0.29, 0.717) is 18.0 Å². The Labute approximate surface area is 109 Å². The SMILES string of the molecule is COCCSCC(=O)Nc1c[nH]c(C)c1C(=O)O. The molecule has 0 aliphatic heterocycles. The van der Waals surface area contributed by atoms with Crippen LogP contribution in [0.5, 0.6) is 0 Å². The van der Waals surface area contributed by atoms with Crippen LogP contribution in [0.25, 0.3) is 0 Å². The number of carboxylic acids is 1. The Morgan fingerprint density at radius 1 is 1.56 bits per heavy atom. The minimum absolute atomic E-state index is 0.102. The van der Waals surface area contributed by atoms with Gasteiger partial charge < -0.3 is 20.1 Å². The van der Waals surface area contributed by atoms with Gasteiger partial charge in [0.05, 0.1) is 18.0 Å². The van der Waals surface area contributed by atoms with Gasteiger partial charge in [-0.1, -0.05) is 0 Å². The topological polar surface area (TPSA) is 91.4 Å². The quantitative estimate of drug-likeness (QED) is 0.651. The zero-order chi connectivity index (χ0) is 13.5. The lowest BCUT2D eigenvalue weighted by Gasteiger charge is -2.04. The molecule has 1 rings (SSSR count). The molecule has 0 aliphatic rings. The Hall–Kier alpha value is -1.47. The van der Waals surface area contributed by atoms with Crippen molar-refractivity contribution in [1.82, 2.24) is 4.98 Å². The molecule has 0 fully saturated rings. The standard InChI is InChI=1S/C11H16N2O4S/c1-7-10(11(15)16)8(5-12-7)13-9(14)6-18-4-3-17-2/h5,12H,3-4,6H2,1-2H3,(H,13,14)(H,15,16). The van der Waals surface area contributed by atoms with Gasteiger partial charge in [-0.25, -0.2) is 4.79 Å². The highest BCUT2D eigenvalue weighted by atomic mass is 32.2. The first kappa shape index (κ1) is 14.6. The van der Waals surface area contributed by atoms with E-state index in [1.54, 1.807) is 14.0 Å². The molecule has 0 unspecified atom stereocenters. The molecule has 1 amide bonds. The highest BCUT2D eigenvalue weighted by molar-refractivity contribution is 7.99. The first-order valence-corrected chi connectivity index (χ1v) is 6.49. The average Bonchev–Trinajstić information content (AvgIpc) is 2.66. The lowest BCUT2D eigenvalue weighted by Crippen LogP contribution is -2.16. The van der Waals surface area contributed by atoms with Gasteiger partial charge >= 0.3 is 5.97 Å². The molecule has 18 heavy (non-hydrogen) atoms. The molecule has 0 atom stereocenters. The maximum Gasteiger partial charge on any atom is 0.339 e. The van der Waals surface area contributed by atoms with Crippen LogP contribution in [-0.4, -0.2) is 47.2 Å². The van der Waals surface area contributed by atoms with Gasteiger partial charge in [0.25, 0.3) is 0 Å². The summed E-state index contributed by atoms with van der Waals surface area (Å²) in [6.45, 7) is 2.23. The number of rotatable bonds is 7. The Bertz CT molecular complexity index is 431. The van der Waals surface area contributed by atoms with Gasteiger partial charge in [0.1, 0.15) is 5.56 Å². The maximum absolute atomic E-state index is 11.6. The van der Waals surface area contributed by atoms with Crippen LogP contribution in [0.2, 0.25) is 0 Å². The van der Waals surface area contributed by atoms with E-state index in [4.69, 9.17) is 9.84 Å². The van der Waals surface area contributed by atoms with Crippen molar-refractivity contribution < 1.29 is 19.4 Å². The van der Waals surface area contributed by atoms with Crippen LogP contribution in [0, 0.1) is 6.92 Å². The van der Waals surface area contributed by atoms with Gasteiger partial charge in [-0.15, -0.1) is 11.8 Å². The van der Waals surface area contributed by atoms with Crippen LogP contribution in [0.15, 0.2) is 6.20 Å². The summed E-state index contributed by atoms with van der Waals surface area (Å²) < 4.78 is 4.86. The van der Waals surface area contributed by atoms with Crippen LogP contribution in [0.1, 0.15) is 16.1 Å². The maximum atomic E-state index is 11.6. The molecule has 100 valence electrons. The first-order valence-electron chi connectivity index (χ1n) is 5.34. The number of carboxylic acid groups (broad SMARTS) is 1. The summed E-state index contributed by atoms with van der Waals surface area (Å²) in [5.74, 6) is -0.289. The van der Waals surface area contributed by atoms with Crippen molar-refractivity contribution in [2.75, 3.05) is 30.5 Å². The molecule has 0 spiro atoms. The summed E-state index contributed by atoms with van der Waals surface area (Å²) >= 11 is 1.43. The molecular formula is C11H16N2O4S. The molecule has 1 aromatic heterocycles. The van der Waals surface area contributed by atoms with Crippen LogP contribution in [-0.2, 0) is 9.53 Å². The Morgan fingerprint density at radius 3 is 2.89 bits per heavy atom. The fourth-order valence-corrected chi connectivity index (χ4v) is 2.08. The van der Waals surface area contributed by atoms with Gasteiger partial charge in [-0.05, 0) is 6.92 Å². The second-order valence-corrected chi connectivity index (χ2v) is 4.71. The van der Waals surface area contributed by atoms with E-state index in [1.807, 2.05) is 0 Å². The minimum atomic E-state index is -1.06. The lowest BCUT2D eigenvalue weighted by molar-refractivity contribution is -0.113. The van der Waals surface area contributed by atoms with Crippen molar-refractivity contribution in [3.8, 4) is 0 Å². The van der Waals surface area contributed by atoms with Gasteiger partial charge in [0, 0.05) is 24.8 Å². The summed E-state index contributed by atoms with van der Waals surface area (Å²) in [7, 11) is 1.60. The van der Waals surface area contributed by atoms with Crippen molar-refractivity contribution in [3.63, 3.8) is 0 Å². The van der Waals surface area contributed by atoms with E-state index >= 15 is 0 Å². The molecule has 0 saturated heterocycles. The van der Waals surface area contributed by atoms with Gasteiger partial charge in [0.2, 0.25) is 5.91 Å². The van der Waals surface area contributed by atoms with E-state index in [1.165, 1.54) is 18.0 Å². The smallest absolute Gasteiger partial charge is 0.339 e. The zero-order valence-corrected chi connectivity index (χ0v) is 11.1. The molecule has 0 aromatic carbocycles. The van der Waals surface area contributed by atoms with E-state index in [2.05, 4.69) is 10.3 Å². The Balaban J connectivity index is 2.52. The second kappa shape index (κ2) is 7.07. The number of methoxy groups -OCH3 is 1. The number of aromatic nitrogens is 1. The number of H-pyrrole nitrogens is 1. The number of nitrogens with one attached hydrogen (secondary N) is 2. The van der Waals surface area contributed by atoms with Gasteiger partial charge in [-0.3, -0.25) is 4.79 Å². The fourth-order valence-electron chi connectivity index (χ4n) is 1.39. The number of anilines is 1. The number of aromatic carboxylic acids is 1. The van der Waals surface area contributed by atoms with Crippen LogP contribution < -0.4 is 5.32 Å². The summed E-state index contributed by atoms with van der Waals surface area (Å²) in [4.78, 5) is 25.3. The number of hydrogen-bond donors (Lipinski definition) is 3. The number of carbonyl (C=O) groups excluding carboxylic acids is 1. The molecule has 0 aliphatic carbocycles. The Kier molecular flexibility index (Phi) is 5.73. The molecule has 7 heteroatoms. The van der Waals surface area contributed by atoms with Crippen LogP contribution >= 0.6 is 11.8 Å². The first-order chi connectivity index (χ1) is 8.56. The third-order valence-corrected chi connectivity index (χ3v) is 3.15. The molecule has 1 aromatic rings. The van der Waals surface area contributed by atoms with E-state index < -0.39 is 5.97 Å². The highest BCUT2D eigenvalue weighted by Crippen LogP contribution is 2.19. The number of carbonyl (C=O) groups is 2. The fraction of sp³-hybridized carbons (Fsp3) is 0.455. The van der Waals surface area contributed by atoms with E-state index in [-0.39, 0.29) is 17.2 Å². The van der Waals surface area contributed by atoms with Crippen LogP contribution in [0.3, 0.4) is 0 Å². The lowest BCUT2D eigenvalue weighted by atomic mass is 10.2. The van der Waals surface area contributed by atoms with Crippen molar-refractivity contribution >= 4 is 29.3 Å². The largest absolute Gasteiger partial charge is 0.478 e. The van der Waals surface area contributed by atoms with Gasteiger partial charge in [0.15, 0.2) is 0 Å². The predicted octanol–water partition coefficient (Wildman–Crippen LogP) is 1.34. The van der Waals surface area contributed by atoms with E-state index in [9.17, 15) is 9.59 Å². The third-order valence-electron chi connectivity index (χ3n) is 2.23. The highest BCUT2D eigenvalue weighted by Gasteiger charge is 2.16. The Morgan fingerprint density at radius 2 is 2.28 bits per heavy atom. The summed E-state index contributed by atoms with van der Waals surface area (Å²) in [5.41, 5.74) is 0.924. The average molecular weight is 272 g/mol. The number of thioether (sulfide) groups is 1. The summed E-state index contributed by atoms with van der Waals surface area (Å²) in [6.07, 6.45) is 1.48. The van der Waals surface area contributed by atoms with E-state index in [0.717, 1.165) is 5.75 Å². The van der Waals surface area contributed by atoms with Gasteiger partial charge in [-0.2, -0.15) is 0 Å². The number of amides is 1. The van der Waals surface area contributed by atoms with Crippen molar-refractivity contribution in [2.45, 2.75) is 6.92 Å². The number of aryl methyl sites for hydroxylation is 1. The zero-order valence-electron chi connectivity index (χ0n) is 10.3. The summed E-state index contributed by atoms with van der Waals surface area (Å²) in [5, 5.41) is 11.6. The van der Waals surface area contributed by atoms with Crippen LogP contribution in [0.4, 0.5) is 5.69 Å². The molecule has 0 radical (unpaired) electrons. The van der Waals surface area contributed by atoms with Crippen molar-refractivity contribution in [1.29, 1.82) is 0 Å². The monoisotopic (exact) mass is 272 g/mol. The van der Waals surface area contributed by atoms with Crippen molar-refractivity contribution in [3.05, 3.63) is 17.5 Å². The summed E-state index contributed by atoms with van der Waals surface area (Å²) in [6, 6.07) is 0. The number of ether oxygens (including phenoxy) is 1. The third kappa shape index (κ3) is 4.08. The molecule has 3 N–H and O–H groups in total. The number of hydrogen-bond acceptors (Lipinski definition) is 4. The molecule has 1 heterocycles. The molecule has 6 nitrogen and oxygen atoms in total. The minimum Gasteiger partial charge on any atom is -0.478 e. The molecular weight excluding hydrogens is 256 g/mol. The van der Waals surface area contributed by atoms with Crippen molar-refractivity contribution in [2.24, 2.45) is 0 Å². The predicted molar refractivity (Wildman–Crippen MR) is 70.3 cm³/mol. The normalized spacial score (nSPS) is 10.3. The molecule has 0 saturated carbocycles. The molecule has 0 bridgehead atoms.